The molecule has 2 aromatic rings. The van der Waals surface area contributed by atoms with Gasteiger partial charge in [0.15, 0.2) is 0 Å². The van der Waals surface area contributed by atoms with Gasteiger partial charge in [0.1, 0.15) is 17.6 Å². The molecule has 0 spiro atoms. The van der Waals surface area contributed by atoms with Crippen LogP contribution < -0.4 is 4.90 Å². The third-order valence-corrected chi connectivity index (χ3v) is 6.26. The number of hydrogen-bond acceptors (Lipinski definition) is 5. The van der Waals surface area contributed by atoms with Crippen molar-refractivity contribution >= 4 is 15.8 Å². The molecule has 0 N–H and O–H groups in total. The SMILES string of the molecule is Cc1ccc(N2CCCN(S(=O)(=O)c3ccccc3)CC2)nc1C#N. The van der Waals surface area contributed by atoms with Crippen molar-refractivity contribution in [2.45, 2.75) is 18.2 Å². The number of benzene rings is 1. The lowest BCUT2D eigenvalue weighted by Crippen LogP contribution is -2.35. The van der Waals surface area contributed by atoms with Gasteiger partial charge in [-0.15, -0.1) is 0 Å². The lowest BCUT2D eigenvalue weighted by atomic mass is 10.2. The van der Waals surface area contributed by atoms with E-state index in [2.05, 4.69) is 11.1 Å². The van der Waals surface area contributed by atoms with Gasteiger partial charge in [0, 0.05) is 26.2 Å². The number of sulfonamides is 1. The molecule has 1 aromatic carbocycles. The standard InChI is InChI=1S/C18H20N4O2S/c1-15-8-9-18(20-17(15)14-19)21-10-5-11-22(13-12-21)25(23,24)16-6-3-2-4-7-16/h2-4,6-9H,5,10-13H2,1H3. The summed E-state index contributed by atoms with van der Waals surface area (Å²) in [5.74, 6) is 0.723. The summed E-state index contributed by atoms with van der Waals surface area (Å²) in [5.41, 5.74) is 1.25. The average Bonchev–Trinajstić information content (AvgIpc) is 2.89. The van der Waals surface area contributed by atoms with Crippen molar-refractivity contribution in [2.24, 2.45) is 0 Å². The maximum absolute atomic E-state index is 12.8. The lowest BCUT2D eigenvalue weighted by molar-refractivity contribution is 0.433. The van der Waals surface area contributed by atoms with Gasteiger partial charge in [-0.1, -0.05) is 24.3 Å². The third-order valence-electron chi connectivity index (χ3n) is 4.35. The third kappa shape index (κ3) is 3.65. The first-order valence-electron chi connectivity index (χ1n) is 8.20. The molecule has 130 valence electrons. The van der Waals surface area contributed by atoms with E-state index in [1.54, 1.807) is 30.3 Å². The molecule has 0 aliphatic carbocycles. The van der Waals surface area contributed by atoms with E-state index < -0.39 is 10.0 Å². The normalized spacial score (nSPS) is 16.2. The fraction of sp³-hybridized carbons (Fsp3) is 0.333. The van der Waals surface area contributed by atoms with Gasteiger partial charge in [0.25, 0.3) is 0 Å². The van der Waals surface area contributed by atoms with Crippen molar-refractivity contribution in [3.05, 3.63) is 53.7 Å². The van der Waals surface area contributed by atoms with Crippen molar-refractivity contribution in [1.29, 1.82) is 5.26 Å². The molecule has 7 heteroatoms. The van der Waals surface area contributed by atoms with Gasteiger partial charge in [0.2, 0.25) is 10.0 Å². The van der Waals surface area contributed by atoms with Crippen LogP contribution in [0.2, 0.25) is 0 Å². The highest BCUT2D eigenvalue weighted by Gasteiger charge is 2.27. The molecule has 1 fully saturated rings. The van der Waals surface area contributed by atoms with Crippen LogP contribution in [0.1, 0.15) is 17.7 Å². The topological polar surface area (TPSA) is 77.3 Å². The number of hydrogen-bond donors (Lipinski definition) is 0. The quantitative estimate of drug-likeness (QED) is 0.842. The van der Waals surface area contributed by atoms with Gasteiger partial charge in [-0.25, -0.2) is 13.4 Å². The Kier molecular flexibility index (Phi) is 5.02. The second kappa shape index (κ2) is 7.21. The van der Waals surface area contributed by atoms with Crippen LogP contribution in [0, 0.1) is 18.3 Å². The molecule has 3 rings (SSSR count). The van der Waals surface area contributed by atoms with Crippen LogP contribution >= 0.6 is 0 Å². The highest BCUT2D eigenvalue weighted by Crippen LogP contribution is 2.20. The molecule has 6 nitrogen and oxygen atoms in total. The number of rotatable bonds is 3. The minimum atomic E-state index is -3.48. The van der Waals surface area contributed by atoms with E-state index in [1.807, 2.05) is 24.0 Å². The maximum atomic E-state index is 12.8. The minimum absolute atomic E-state index is 0.323. The molecule has 0 saturated carbocycles. The average molecular weight is 356 g/mol. The minimum Gasteiger partial charge on any atom is -0.355 e. The van der Waals surface area contributed by atoms with Crippen LogP contribution in [0.3, 0.4) is 0 Å². The molecule has 0 unspecified atom stereocenters. The van der Waals surface area contributed by atoms with Crippen molar-refractivity contribution in [2.75, 3.05) is 31.1 Å². The Morgan fingerprint density at radius 2 is 1.80 bits per heavy atom. The summed E-state index contributed by atoms with van der Waals surface area (Å²) in [6, 6.07) is 14.4. The molecule has 1 aromatic heterocycles. The van der Waals surface area contributed by atoms with Crippen LogP contribution in [-0.4, -0.2) is 43.9 Å². The predicted molar refractivity (Wildman–Crippen MR) is 95.7 cm³/mol. The van der Waals surface area contributed by atoms with Crippen LogP contribution in [0.15, 0.2) is 47.4 Å². The van der Waals surface area contributed by atoms with E-state index in [1.165, 1.54) is 4.31 Å². The first kappa shape index (κ1) is 17.4. The Morgan fingerprint density at radius 1 is 1.04 bits per heavy atom. The molecule has 1 saturated heterocycles. The van der Waals surface area contributed by atoms with Crippen LogP contribution in [-0.2, 0) is 10.0 Å². The van der Waals surface area contributed by atoms with Gasteiger partial charge in [0.05, 0.1) is 4.90 Å². The number of anilines is 1. The Labute approximate surface area is 148 Å². The Morgan fingerprint density at radius 3 is 2.52 bits per heavy atom. The highest BCUT2D eigenvalue weighted by atomic mass is 32.2. The molecular formula is C18H20N4O2S. The largest absolute Gasteiger partial charge is 0.355 e. The first-order valence-corrected chi connectivity index (χ1v) is 9.64. The fourth-order valence-electron chi connectivity index (χ4n) is 2.91. The van der Waals surface area contributed by atoms with E-state index in [-0.39, 0.29) is 0 Å². The monoisotopic (exact) mass is 356 g/mol. The Bertz CT molecular complexity index is 891. The van der Waals surface area contributed by atoms with Crippen molar-refractivity contribution in [1.82, 2.24) is 9.29 Å². The van der Waals surface area contributed by atoms with Crippen LogP contribution in [0.5, 0.6) is 0 Å². The van der Waals surface area contributed by atoms with Gasteiger partial charge < -0.3 is 4.90 Å². The summed E-state index contributed by atoms with van der Waals surface area (Å²) in [6.45, 7) is 3.99. The van der Waals surface area contributed by atoms with Crippen molar-refractivity contribution < 1.29 is 8.42 Å². The zero-order chi connectivity index (χ0) is 17.9. The molecule has 1 aliphatic heterocycles. The summed E-state index contributed by atoms with van der Waals surface area (Å²) in [7, 11) is -3.48. The van der Waals surface area contributed by atoms with E-state index in [4.69, 9.17) is 5.26 Å². The summed E-state index contributed by atoms with van der Waals surface area (Å²) in [4.78, 5) is 6.76. The zero-order valence-corrected chi connectivity index (χ0v) is 14.9. The van der Waals surface area contributed by atoms with Crippen molar-refractivity contribution in [3.63, 3.8) is 0 Å². The second-order valence-electron chi connectivity index (χ2n) is 6.00. The van der Waals surface area contributed by atoms with Crippen molar-refractivity contribution in [3.8, 4) is 6.07 Å². The molecule has 1 aliphatic rings. The zero-order valence-electron chi connectivity index (χ0n) is 14.1. The highest BCUT2D eigenvalue weighted by molar-refractivity contribution is 7.89. The predicted octanol–water partition coefficient (Wildman–Crippen LogP) is 2.16. The number of aryl methyl sites for hydroxylation is 1. The summed E-state index contributed by atoms with van der Waals surface area (Å²) >= 11 is 0. The summed E-state index contributed by atoms with van der Waals surface area (Å²) in [6.07, 6.45) is 0.712. The van der Waals surface area contributed by atoms with E-state index in [9.17, 15) is 8.42 Å². The molecule has 0 radical (unpaired) electrons. The number of pyridine rings is 1. The number of nitriles is 1. The second-order valence-corrected chi connectivity index (χ2v) is 7.94. The van der Waals surface area contributed by atoms with E-state index in [0.717, 1.165) is 11.4 Å². The fourth-order valence-corrected chi connectivity index (χ4v) is 4.40. The summed E-state index contributed by atoms with van der Waals surface area (Å²) in [5, 5.41) is 9.15. The Hall–Kier alpha value is -2.43. The molecule has 2 heterocycles. The molecule has 0 amide bonds. The molecule has 0 bridgehead atoms. The summed E-state index contributed by atoms with van der Waals surface area (Å²) < 4.78 is 27.1. The van der Waals surface area contributed by atoms with Crippen LogP contribution in [0.4, 0.5) is 5.82 Å². The maximum Gasteiger partial charge on any atom is 0.243 e. The van der Waals surface area contributed by atoms with Gasteiger partial charge >= 0.3 is 0 Å². The smallest absolute Gasteiger partial charge is 0.243 e. The van der Waals surface area contributed by atoms with Gasteiger partial charge in [-0.05, 0) is 37.1 Å². The van der Waals surface area contributed by atoms with E-state index in [0.29, 0.717) is 43.2 Å². The lowest BCUT2D eigenvalue weighted by Gasteiger charge is -2.23. The number of aromatic nitrogens is 1. The Balaban J connectivity index is 1.78. The molecular weight excluding hydrogens is 336 g/mol. The van der Waals surface area contributed by atoms with Crippen LogP contribution in [0.25, 0.3) is 0 Å². The molecule has 25 heavy (non-hydrogen) atoms. The molecule has 0 atom stereocenters. The van der Waals surface area contributed by atoms with E-state index >= 15 is 0 Å². The van der Waals surface area contributed by atoms with Gasteiger partial charge in [-0.2, -0.15) is 9.57 Å². The first-order chi connectivity index (χ1) is 12.0. The van der Waals surface area contributed by atoms with Gasteiger partial charge in [-0.3, -0.25) is 0 Å². The number of nitrogens with zero attached hydrogens (tertiary/aromatic N) is 4.